The van der Waals surface area contributed by atoms with Gasteiger partial charge in [0.05, 0.1) is 6.61 Å². The predicted octanol–water partition coefficient (Wildman–Crippen LogP) is 6.87. The van der Waals surface area contributed by atoms with E-state index in [-0.39, 0.29) is 12.3 Å². The maximum Gasteiger partial charge on any atom is 0.303 e. The van der Waals surface area contributed by atoms with Crippen LogP contribution in [0.15, 0.2) is 42.5 Å². The van der Waals surface area contributed by atoms with Gasteiger partial charge in [0.15, 0.2) is 0 Å². The number of carboxylic acids is 1. The van der Waals surface area contributed by atoms with E-state index in [2.05, 4.69) is 19.1 Å². The highest BCUT2D eigenvalue weighted by Crippen LogP contribution is 2.33. The summed E-state index contributed by atoms with van der Waals surface area (Å²) in [4.78, 5) is 25.3. The van der Waals surface area contributed by atoms with Gasteiger partial charge in [-0.15, -0.1) is 0 Å². The molecule has 5 heteroatoms. The van der Waals surface area contributed by atoms with Crippen LogP contribution in [0.1, 0.15) is 82.3 Å². The summed E-state index contributed by atoms with van der Waals surface area (Å²) in [6.45, 7) is 3.45. The quantitative estimate of drug-likeness (QED) is 0.318. The number of hydrogen-bond acceptors (Lipinski definition) is 3. The molecule has 0 unspecified atom stereocenters. The molecular weight excluding hydrogens is 438 g/mol. The van der Waals surface area contributed by atoms with Crippen LogP contribution in [0.5, 0.6) is 5.75 Å². The SMILES string of the molecule is CCCCCC(=O)N(C)Cc1ccc(OCC2CCCCC2)c(-c2ccc(CCC(=O)O)cc2)c1. The first kappa shape index (κ1) is 26.8. The van der Waals surface area contributed by atoms with Crippen molar-refractivity contribution in [2.24, 2.45) is 5.92 Å². The summed E-state index contributed by atoms with van der Waals surface area (Å²) in [5.41, 5.74) is 4.15. The number of amides is 1. The number of aryl methyl sites for hydroxylation is 1. The Labute approximate surface area is 210 Å². The number of carbonyl (C=O) groups is 2. The molecule has 0 aliphatic heterocycles. The van der Waals surface area contributed by atoms with Gasteiger partial charge in [-0.2, -0.15) is 0 Å². The minimum Gasteiger partial charge on any atom is -0.493 e. The van der Waals surface area contributed by atoms with E-state index < -0.39 is 5.97 Å². The van der Waals surface area contributed by atoms with Gasteiger partial charge in [0, 0.05) is 32.0 Å². The first-order chi connectivity index (χ1) is 17.0. The number of benzene rings is 2. The number of carbonyl (C=O) groups excluding carboxylic acids is 1. The third-order valence-electron chi connectivity index (χ3n) is 6.98. The number of ether oxygens (including phenoxy) is 1. The molecule has 2 aromatic rings. The van der Waals surface area contributed by atoms with E-state index in [9.17, 15) is 9.59 Å². The molecule has 0 bridgehead atoms. The van der Waals surface area contributed by atoms with E-state index in [0.717, 1.165) is 53.9 Å². The van der Waals surface area contributed by atoms with Crippen LogP contribution >= 0.6 is 0 Å². The zero-order valence-electron chi connectivity index (χ0n) is 21.4. The van der Waals surface area contributed by atoms with Crippen LogP contribution in [-0.2, 0) is 22.6 Å². The normalized spacial score (nSPS) is 14.0. The summed E-state index contributed by atoms with van der Waals surface area (Å²) < 4.78 is 6.35. The average molecular weight is 480 g/mol. The molecule has 190 valence electrons. The molecule has 0 spiro atoms. The van der Waals surface area contributed by atoms with E-state index in [1.165, 1.54) is 32.1 Å². The van der Waals surface area contributed by atoms with Crippen molar-refractivity contribution < 1.29 is 19.4 Å². The van der Waals surface area contributed by atoms with Crippen molar-refractivity contribution >= 4 is 11.9 Å². The van der Waals surface area contributed by atoms with Gasteiger partial charge in [-0.1, -0.05) is 69.4 Å². The van der Waals surface area contributed by atoms with Gasteiger partial charge in [-0.05, 0) is 60.4 Å². The van der Waals surface area contributed by atoms with Crippen LogP contribution in [0, 0.1) is 5.92 Å². The third kappa shape index (κ3) is 8.72. The van der Waals surface area contributed by atoms with Crippen molar-refractivity contribution in [1.82, 2.24) is 4.90 Å². The Kier molecular flexibility index (Phi) is 10.6. The Bertz CT molecular complexity index is 947. The van der Waals surface area contributed by atoms with Crippen molar-refractivity contribution in [3.05, 3.63) is 53.6 Å². The zero-order chi connectivity index (χ0) is 25.0. The molecule has 0 aromatic heterocycles. The highest BCUT2D eigenvalue weighted by molar-refractivity contribution is 5.76. The first-order valence-electron chi connectivity index (χ1n) is 13.3. The van der Waals surface area contributed by atoms with E-state index in [1.807, 2.05) is 42.3 Å². The Morgan fingerprint density at radius 2 is 1.69 bits per heavy atom. The summed E-state index contributed by atoms with van der Waals surface area (Å²) in [5, 5.41) is 8.97. The molecule has 5 nitrogen and oxygen atoms in total. The largest absolute Gasteiger partial charge is 0.493 e. The molecule has 0 radical (unpaired) electrons. The average Bonchev–Trinajstić information content (AvgIpc) is 2.87. The summed E-state index contributed by atoms with van der Waals surface area (Å²) in [7, 11) is 1.87. The number of nitrogens with zero attached hydrogens (tertiary/aromatic N) is 1. The molecule has 1 amide bonds. The topological polar surface area (TPSA) is 66.8 Å². The Balaban J connectivity index is 1.76. The maximum absolute atomic E-state index is 12.5. The molecule has 35 heavy (non-hydrogen) atoms. The number of carboxylic acid groups (broad SMARTS) is 1. The van der Waals surface area contributed by atoms with Crippen molar-refractivity contribution in [2.75, 3.05) is 13.7 Å². The van der Waals surface area contributed by atoms with Gasteiger partial charge >= 0.3 is 5.97 Å². The van der Waals surface area contributed by atoms with Gasteiger partial charge in [0.25, 0.3) is 0 Å². The summed E-state index contributed by atoms with van der Waals surface area (Å²) >= 11 is 0. The van der Waals surface area contributed by atoms with Crippen molar-refractivity contribution in [3.8, 4) is 16.9 Å². The fourth-order valence-electron chi connectivity index (χ4n) is 4.77. The van der Waals surface area contributed by atoms with Crippen LogP contribution in [0.2, 0.25) is 0 Å². The fourth-order valence-corrected chi connectivity index (χ4v) is 4.77. The zero-order valence-corrected chi connectivity index (χ0v) is 21.4. The van der Waals surface area contributed by atoms with Crippen LogP contribution < -0.4 is 4.74 Å². The summed E-state index contributed by atoms with van der Waals surface area (Å²) in [6.07, 6.45) is 10.7. The summed E-state index contributed by atoms with van der Waals surface area (Å²) in [5.74, 6) is 0.880. The summed E-state index contributed by atoms with van der Waals surface area (Å²) in [6, 6.07) is 14.3. The van der Waals surface area contributed by atoms with E-state index in [0.29, 0.717) is 25.3 Å². The monoisotopic (exact) mass is 479 g/mol. The van der Waals surface area contributed by atoms with E-state index in [1.54, 1.807) is 0 Å². The number of unbranched alkanes of at least 4 members (excludes halogenated alkanes) is 2. The van der Waals surface area contributed by atoms with E-state index in [4.69, 9.17) is 9.84 Å². The molecule has 1 saturated carbocycles. The lowest BCUT2D eigenvalue weighted by Crippen LogP contribution is -2.25. The van der Waals surface area contributed by atoms with Crippen molar-refractivity contribution in [3.63, 3.8) is 0 Å². The molecule has 0 saturated heterocycles. The van der Waals surface area contributed by atoms with Crippen LogP contribution in [-0.4, -0.2) is 35.5 Å². The molecule has 1 aliphatic rings. The second kappa shape index (κ2) is 13.9. The molecule has 0 heterocycles. The Morgan fingerprint density at radius 3 is 2.37 bits per heavy atom. The van der Waals surface area contributed by atoms with Crippen LogP contribution in [0.3, 0.4) is 0 Å². The lowest BCUT2D eigenvalue weighted by molar-refractivity contribution is -0.137. The smallest absolute Gasteiger partial charge is 0.303 e. The lowest BCUT2D eigenvalue weighted by atomic mass is 9.90. The predicted molar refractivity (Wildman–Crippen MR) is 141 cm³/mol. The molecule has 1 N–H and O–H groups in total. The van der Waals surface area contributed by atoms with Gasteiger partial charge in [0.2, 0.25) is 5.91 Å². The minimum atomic E-state index is -0.784. The Morgan fingerprint density at radius 1 is 0.971 bits per heavy atom. The molecule has 3 rings (SSSR count). The fraction of sp³-hybridized carbons (Fsp3) is 0.533. The Hall–Kier alpha value is -2.82. The van der Waals surface area contributed by atoms with Gasteiger partial charge < -0.3 is 14.7 Å². The van der Waals surface area contributed by atoms with E-state index >= 15 is 0 Å². The molecule has 2 aromatic carbocycles. The second-order valence-electron chi connectivity index (χ2n) is 9.94. The molecular formula is C30H41NO4. The third-order valence-corrected chi connectivity index (χ3v) is 6.98. The molecule has 1 fully saturated rings. The number of aliphatic carboxylic acids is 1. The highest BCUT2D eigenvalue weighted by atomic mass is 16.5. The second-order valence-corrected chi connectivity index (χ2v) is 9.94. The first-order valence-corrected chi connectivity index (χ1v) is 13.3. The standard InChI is InChI=1S/C30H41NO4/c1-3-4-6-11-29(32)31(2)21-25-14-18-28(35-22-24-9-7-5-8-10-24)27(20-25)26-16-12-23(13-17-26)15-19-30(33)34/h12-14,16-18,20,24H,3-11,15,19,21-22H2,1-2H3,(H,33,34). The minimum absolute atomic E-state index is 0.128. The maximum atomic E-state index is 12.5. The van der Waals surface area contributed by atoms with Gasteiger partial charge in [-0.3, -0.25) is 9.59 Å². The lowest BCUT2D eigenvalue weighted by Gasteiger charge is -2.23. The van der Waals surface area contributed by atoms with Crippen LogP contribution in [0.4, 0.5) is 0 Å². The van der Waals surface area contributed by atoms with Crippen molar-refractivity contribution in [2.45, 2.75) is 84.1 Å². The van der Waals surface area contributed by atoms with Crippen LogP contribution in [0.25, 0.3) is 11.1 Å². The van der Waals surface area contributed by atoms with Gasteiger partial charge in [0.1, 0.15) is 5.75 Å². The number of hydrogen-bond donors (Lipinski definition) is 1. The highest BCUT2D eigenvalue weighted by Gasteiger charge is 2.17. The number of rotatable bonds is 13. The van der Waals surface area contributed by atoms with Gasteiger partial charge in [-0.25, -0.2) is 0 Å². The van der Waals surface area contributed by atoms with Crippen molar-refractivity contribution in [1.29, 1.82) is 0 Å². The molecule has 1 aliphatic carbocycles. The molecule has 0 atom stereocenters.